The molecule has 1 aromatic carbocycles. The lowest BCUT2D eigenvalue weighted by Crippen LogP contribution is -2.37. The minimum atomic E-state index is -0.389. The van der Waals surface area contributed by atoms with Crippen molar-refractivity contribution in [3.05, 3.63) is 29.8 Å². The van der Waals surface area contributed by atoms with Crippen LogP contribution in [-0.2, 0) is 9.59 Å². The average Bonchev–Trinajstić information content (AvgIpc) is 2.76. The Labute approximate surface area is 107 Å². The van der Waals surface area contributed by atoms with Gasteiger partial charge in [-0.15, -0.1) is 0 Å². The van der Waals surface area contributed by atoms with Gasteiger partial charge in [-0.3, -0.25) is 9.59 Å². The number of carbonyl (C=O) groups excluding carboxylic acids is 2. The summed E-state index contributed by atoms with van der Waals surface area (Å²) in [5.41, 5.74) is 1.97. The molecular weight excluding hydrogens is 228 g/mol. The van der Waals surface area contributed by atoms with E-state index in [1.807, 2.05) is 24.3 Å². The highest BCUT2D eigenvalue weighted by atomic mass is 16.2. The molecule has 18 heavy (non-hydrogen) atoms. The Balaban J connectivity index is 2.02. The van der Waals surface area contributed by atoms with Gasteiger partial charge in [0.1, 0.15) is 6.04 Å². The number of benzene rings is 1. The monoisotopic (exact) mass is 246 g/mol. The van der Waals surface area contributed by atoms with E-state index in [-0.39, 0.29) is 17.9 Å². The molecule has 0 aromatic heterocycles. The molecule has 4 heteroatoms. The van der Waals surface area contributed by atoms with Gasteiger partial charge in [-0.2, -0.15) is 0 Å². The molecule has 1 heterocycles. The first-order valence-electron chi connectivity index (χ1n) is 6.26. The molecule has 1 atom stereocenters. The molecule has 0 bridgehead atoms. The summed E-state index contributed by atoms with van der Waals surface area (Å²) in [5, 5.41) is 5.51. The summed E-state index contributed by atoms with van der Waals surface area (Å²) in [6.45, 7) is 4.22. The van der Waals surface area contributed by atoms with Crippen LogP contribution in [0.4, 0.5) is 5.69 Å². The molecular formula is C14H18N2O2. The molecule has 0 aliphatic carbocycles. The Bertz CT molecular complexity index is 469. The van der Waals surface area contributed by atoms with Crippen LogP contribution in [0.1, 0.15) is 38.2 Å². The largest absolute Gasteiger partial charge is 0.344 e. The van der Waals surface area contributed by atoms with E-state index in [4.69, 9.17) is 0 Å². The van der Waals surface area contributed by atoms with Crippen molar-refractivity contribution in [2.75, 3.05) is 5.32 Å². The van der Waals surface area contributed by atoms with Gasteiger partial charge in [0.15, 0.2) is 0 Å². The quantitative estimate of drug-likeness (QED) is 0.857. The number of hydrogen-bond acceptors (Lipinski definition) is 2. The van der Waals surface area contributed by atoms with E-state index in [0.717, 1.165) is 5.69 Å². The van der Waals surface area contributed by atoms with Crippen molar-refractivity contribution < 1.29 is 9.59 Å². The van der Waals surface area contributed by atoms with Gasteiger partial charge in [0.25, 0.3) is 0 Å². The first-order chi connectivity index (χ1) is 8.56. The summed E-state index contributed by atoms with van der Waals surface area (Å²) in [6, 6.07) is 7.41. The minimum absolute atomic E-state index is 0.0499. The fourth-order valence-corrected chi connectivity index (χ4v) is 2.02. The van der Waals surface area contributed by atoms with Crippen LogP contribution in [0.3, 0.4) is 0 Å². The zero-order chi connectivity index (χ0) is 13.1. The Morgan fingerprint density at radius 3 is 2.83 bits per heavy atom. The lowest BCUT2D eigenvalue weighted by Gasteiger charge is -2.12. The lowest BCUT2D eigenvalue weighted by molar-refractivity contribution is -0.122. The van der Waals surface area contributed by atoms with E-state index < -0.39 is 0 Å². The van der Waals surface area contributed by atoms with Crippen LogP contribution < -0.4 is 10.6 Å². The third kappa shape index (κ3) is 2.88. The van der Waals surface area contributed by atoms with E-state index in [1.54, 1.807) is 0 Å². The maximum atomic E-state index is 11.9. The summed E-state index contributed by atoms with van der Waals surface area (Å²) >= 11 is 0. The zero-order valence-electron chi connectivity index (χ0n) is 10.7. The Morgan fingerprint density at radius 1 is 1.44 bits per heavy atom. The van der Waals surface area contributed by atoms with Crippen molar-refractivity contribution in [3.8, 4) is 0 Å². The van der Waals surface area contributed by atoms with Crippen molar-refractivity contribution in [2.45, 2.75) is 38.6 Å². The molecule has 96 valence electrons. The van der Waals surface area contributed by atoms with Crippen LogP contribution in [0.15, 0.2) is 24.3 Å². The van der Waals surface area contributed by atoms with Crippen LogP contribution >= 0.6 is 0 Å². The van der Waals surface area contributed by atoms with Gasteiger partial charge in [-0.25, -0.2) is 0 Å². The van der Waals surface area contributed by atoms with E-state index in [1.165, 1.54) is 5.56 Å². The topological polar surface area (TPSA) is 58.2 Å². The van der Waals surface area contributed by atoms with E-state index in [9.17, 15) is 9.59 Å². The fourth-order valence-electron chi connectivity index (χ4n) is 2.02. The number of anilines is 1. The first-order valence-corrected chi connectivity index (χ1v) is 6.26. The standard InChI is InChI=1S/C14H18N2O2/c1-9(2)10-4-3-5-11(8-10)15-14(18)12-6-7-13(17)16-12/h3-5,8-9,12H,6-7H2,1-2H3,(H,15,18)(H,16,17)/t12-/m0/s1. The number of nitrogens with one attached hydrogen (secondary N) is 2. The predicted octanol–water partition coefficient (Wildman–Crippen LogP) is 2.03. The molecule has 1 aliphatic heterocycles. The third-order valence-corrected chi connectivity index (χ3v) is 3.13. The predicted molar refractivity (Wildman–Crippen MR) is 70.3 cm³/mol. The maximum Gasteiger partial charge on any atom is 0.246 e. The number of carbonyl (C=O) groups is 2. The molecule has 2 N–H and O–H groups in total. The molecule has 1 aromatic rings. The Kier molecular flexibility index (Phi) is 3.65. The molecule has 0 radical (unpaired) electrons. The summed E-state index contributed by atoms with van der Waals surface area (Å²) < 4.78 is 0. The van der Waals surface area contributed by atoms with Crippen LogP contribution in [0.2, 0.25) is 0 Å². The third-order valence-electron chi connectivity index (χ3n) is 3.13. The molecule has 1 saturated heterocycles. The highest BCUT2D eigenvalue weighted by molar-refractivity contribution is 5.99. The van der Waals surface area contributed by atoms with Crippen LogP contribution in [-0.4, -0.2) is 17.9 Å². The van der Waals surface area contributed by atoms with Crippen LogP contribution in [0.25, 0.3) is 0 Å². The second kappa shape index (κ2) is 5.21. The van der Waals surface area contributed by atoms with Crippen molar-refractivity contribution >= 4 is 17.5 Å². The van der Waals surface area contributed by atoms with Crippen molar-refractivity contribution in [2.24, 2.45) is 0 Å². The summed E-state index contributed by atoms with van der Waals surface area (Å²) in [7, 11) is 0. The second-order valence-corrected chi connectivity index (χ2v) is 4.93. The number of amides is 2. The SMILES string of the molecule is CC(C)c1cccc(NC(=O)[C@@H]2CCC(=O)N2)c1. The molecule has 1 aliphatic rings. The van der Waals surface area contributed by atoms with Crippen molar-refractivity contribution in [1.29, 1.82) is 0 Å². The van der Waals surface area contributed by atoms with Crippen LogP contribution in [0.5, 0.6) is 0 Å². The van der Waals surface area contributed by atoms with Gasteiger partial charge in [0.2, 0.25) is 11.8 Å². The highest BCUT2D eigenvalue weighted by Crippen LogP contribution is 2.19. The van der Waals surface area contributed by atoms with Gasteiger partial charge in [0, 0.05) is 12.1 Å². The molecule has 2 rings (SSSR count). The normalized spacial score (nSPS) is 18.8. The van der Waals surface area contributed by atoms with Gasteiger partial charge >= 0.3 is 0 Å². The Morgan fingerprint density at radius 2 is 2.22 bits per heavy atom. The van der Waals surface area contributed by atoms with Gasteiger partial charge < -0.3 is 10.6 Å². The summed E-state index contributed by atoms with van der Waals surface area (Å²) in [6.07, 6.45) is 1.01. The van der Waals surface area contributed by atoms with Gasteiger partial charge in [0.05, 0.1) is 0 Å². The molecule has 0 unspecified atom stereocenters. The maximum absolute atomic E-state index is 11.9. The molecule has 0 spiro atoms. The van der Waals surface area contributed by atoms with Crippen molar-refractivity contribution in [1.82, 2.24) is 5.32 Å². The highest BCUT2D eigenvalue weighted by Gasteiger charge is 2.27. The molecule has 0 saturated carbocycles. The van der Waals surface area contributed by atoms with E-state index in [0.29, 0.717) is 18.8 Å². The minimum Gasteiger partial charge on any atom is -0.344 e. The smallest absolute Gasteiger partial charge is 0.246 e. The van der Waals surface area contributed by atoms with Gasteiger partial charge in [-0.05, 0) is 30.0 Å². The molecule has 1 fully saturated rings. The zero-order valence-corrected chi connectivity index (χ0v) is 10.7. The second-order valence-electron chi connectivity index (χ2n) is 4.93. The fraction of sp³-hybridized carbons (Fsp3) is 0.429. The Hall–Kier alpha value is -1.84. The summed E-state index contributed by atoms with van der Waals surface area (Å²) in [5.74, 6) is 0.237. The van der Waals surface area contributed by atoms with E-state index >= 15 is 0 Å². The summed E-state index contributed by atoms with van der Waals surface area (Å²) in [4.78, 5) is 23.0. The number of hydrogen-bond donors (Lipinski definition) is 2. The number of rotatable bonds is 3. The average molecular weight is 246 g/mol. The van der Waals surface area contributed by atoms with Crippen LogP contribution in [0, 0.1) is 0 Å². The molecule has 4 nitrogen and oxygen atoms in total. The first kappa shape index (κ1) is 12.6. The molecule has 2 amide bonds. The van der Waals surface area contributed by atoms with Crippen molar-refractivity contribution in [3.63, 3.8) is 0 Å². The van der Waals surface area contributed by atoms with Gasteiger partial charge in [-0.1, -0.05) is 26.0 Å². The lowest BCUT2D eigenvalue weighted by atomic mass is 10.0. The van der Waals surface area contributed by atoms with E-state index in [2.05, 4.69) is 24.5 Å².